The van der Waals surface area contributed by atoms with Gasteiger partial charge in [-0.15, -0.1) is 0 Å². The van der Waals surface area contributed by atoms with Crippen LogP contribution >= 0.6 is 0 Å². The van der Waals surface area contributed by atoms with E-state index in [0.717, 1.165) is 18.2 Å². The Labute approximate surface area is 91.3 Å². The van der Waals surface area contributed by atoms with Crippen LogP contribution in [-0.4, -0.2) is 0 Å². The van der Waals surface area contributed by atoms with E-state index in [2.05, 4.69) is 0 Å². The molecule has 82 valence electrons. The van der Waals surface area contributed by atoms with Crippen LogP contribution in [0.5, 0.6) is 11.5 Å². The number of hydrogen-bond donors (Lipinski definition) is 1. The van der Waals surface area contributed by atoms with E-state index in [1.54, 1.807) is 24.3 Å². The van der Waals surface area contributed by atoms with Crippen molar-refractivity contribution in [3.8, 4) is 11.5 Å². The molecule has 0 fully saturated rings. The Kier molecular flexibility index (Phi) is 2.72. The van der Waals surface area contributed by atoms with E-state index in [1.807, 2.05) is 0 Å². The van der Waals surface area contributed by atoms with Gasteiger partial charge in [-0.25, -0.2) is 8.78 Å². The Hall–Kier alpha value is -2.10. The van der Waals surface area contributed by atoms with Gasteiger partial charge in [0.1, 0.15) is 23.1 Å². The first-order valence-electron chi connectivity index (χ1n) is 4.63. The zero-order valence-electron chi connectivity index (χ0n) is 8.28. The molecule has 16 heavy (non-hydrogen) atoms. The lowest BCUT2D eigenvalue weighted by atomic mass is 10.3. The first kappa shape index (κ1) is 10.4. The van der Waals surface area contributed by atoms with Gasteiger partial charge in [-0.2, -0.15) is 0 Å². The second kappa shape index (κ2) is 4.18. The minimum absolute atomic E-state index is 0.0791. The number of benzene rings is 2. The van der Waals surface area contributed by atoms with E-state index in [1.165, 1.54) is 0 Å². The highest BCUT2D eigenvalue weighted by atomic mass is 19.1. The maximum absolute atomic E-state index is 12.9. The molecular formula is C12H9F2NO. The normalized spacial score (nSPS) is 10.1. The zero-order valence-corrected chi connectivity index (χ0v) is 8.28. The van der Waals surface area contributed by atoms with Crippen molar-refractivity contribution in [2.24, 2.45) is 0 Å². The third-order valence-corrected chi connectivity index (χ3v) is 1.98. The van der Waals surface area contributed by atoms with E-state index >= 15 is 0 Å². The van der Waals surface area contributed by atoms with Crippen molar-refractivity contribution in [2.45, 2.75) is 0 Å². The van der Waals surface area contributed by atoms with Crippen LogP contribution in [0.3, 0.4) is 0 Å². The SMILES string of the molecule is Nc1ccccc1Oc1cc(F)cc(F)c1. The van der Waals surface area contributed by atoms with E-state index < -0.39 is 11.6 Å². The average Bonchev–Trinajstić information content (AvgIpc) is 2.20. The van der Waals surface area contributed by atoms with Crippen LogP contribution in [0, 0.1) is 11.6 Å². The molecule has 0 heterocycles. The smallest absolute Gasteiger partial charge is 0.150 e. The van der Waals surface area contributed by atoms with Crippen molar-refractivity contribution >= 4 is 5.69 Å². The largest absolute Gasteiger partial charge is 0.455 e. The molecule has 2 rings (SSSR count). The summed E-state index contributed by atoms with van der Waals surface area (Å²) in [5, 5.41) is 0. The fourth-order valence-corrected chi connectivity index (χ4v) is 1.29. The molecule has 0 aliphatic heterocycles. The molecule has 0 spiro atoms. The predicted molar refractivity (Wildman–Crippen MR) is 57.3 cm³/mol. The standard InChI is InChI=1S/C12H9F2NO/c13-8-5-9(14)7-10(6-8)16-12-4-2-1-3-11(12)15/h1-7H,15H2. The van der Waals surface area contributed by atoms with Gasteiger partial charge in [0, 0.05) is 18.2 Å². The van der Waals surface area contributed by atoms with Gasteiger partial charge >= 0.3 is 0 Å². The Bertz CT molecular complexity index is 494. The fraction of sp³-hybridized carbons (Fsp3) is 0. The summed E-state index contributed by atoms with van der Waals surface area (Å²) in [5.41, 5.74) is 6.04. The second-order valence-electron chi connectivity index (χ2n) is 3.25. The van der Waals surface area contributed by atoms with Crippen LogP contribution in [0.25, 0.3) is 0 Å². The van der Waals surface area contributed by atoms with Crippen molar-refractivity contribution in [3.63, 3.8) is 0 Å². The maximum atomic E-state index is 12.9. The van der Waals surface area contributed by atoms with Crippen molar-refractivity contribution in [3.05, 3.63) is 54.1 Å². The van der Waals surface area contributed by atoms with Gasteiger partial charge in [-0.1, -0.05) is 12.1 Å². The van der Waals surface area contributed by atoms with E-state index in [0.29, 0.717) is 11.4 Å². The van der Waals surface area contributed by atoms with Gasteiger partial charge in [-0.3, -0.25) is 0 Å². The molecule has 0 unspecified atom stereocenters. The zero-order chi connectivity index (χ0) is 11.5. The highest BCUT2D eigenvalue weighted by Crippen LogP contribution is 2.27. The van der Waals surface area contributed by atoms with Gasteiger partial charge < -0.3 is 10.5 Å². The van der Waals surface area contributed by atoms with Gasteiger partial charge in [-0.05, 0) is 12.1 Å². The highest BCUT2D eigenvalue weighted by molar-refractivity contribution is 5.53. The molecule has 4 heteroatoms. The molecule has 0 radical (unpaired) electrons. The molecule has 0 saturated heterocycles. The van der Waals surface area contributed by atoms with Crippen LogP contribution in [0.1, 0.15) is 0 Å². The molecule has 0 aromatic heterocycles. The summed E-state index contributed by atoms with van der Waals surface area (Å²) in [7, 11) is 0. The topological polar surface area (TPSA) is 35.2 Å². The van der Waals surface area contributed by atoms with Crippen LogP contribution in [0.2, 0.25) is 0 Å². The Morgan fingerprint density at radius 2 is 1.56 bits per heavy atom. The number of nitrogen functional groups attached to an aromatic ring is 1. The molecule has 2 aromatic carbocycles. The minimum atomic E-state index is -0.690. The number of rotatable bonds is 2. The van der Waals surface area contributed by atoms with Crippen LogP contribution in [-0.2, 0) is 0 Å². The van der Waals surface area contributed by atoms with Crippen molar-refractivity contribution in [2.75, 3.05) is 5.73 Å². The first-order valence-corrected chi connectivity index (χ1v) is 4.63. The quantitative estimate of drug-likeness (QED) is 0.789. The maximum Gasteiger partial charge on any atom is 0.150 e. The van der Waals surface area contributed by atoms with Gasteiger partial charge in [0.15, 0.2) is 0 Å². The number of anilines is 1. The Balaban J connectivity index is 2.30. The Morgan fingerprint density at radius 3 is 2.19 bits per heavy atom. The molecule has 0 aliphatic carbocycles. The molecule has 2 aromatic rings. The van der Waals surface area contributed by atoms with Crippen molar-refractivity contribution in [1.82, 2.24) is 0 Å². The molecule has 0 atom stereocenters. The highest BCUT2D eigenvalue weighted by Gasteiger charge is 2.04. The summed E-state index contributed by atoms with van der Waals surface area (Å²) < 4.78 is 31.0. The van der Waals surface area contributed by atoms with E-state index in [9.17, 15) is 8.78 Å². The summed E-state index contributed by atoms with van der Waals surface area (Å²) in [4.78, 5) is 0. The lowest BCUT2D eigenvalue weighted by molar-refractivity contribution is 0.470. The number of para-hydroxylation sites is 2. The molecule has 0 bridgehead atoms. The van der Waals surface area contributed by atoms with Crippen LogP contribution in [0.15, 0.2) is 42.5 Å². The number of nitrogens with two attached hydrogens (primary N) is 1. The summed E-state index contributed by atoms with van der Waals surface area (Å²) in [6.07, 6.45) is 0. The van der Waals surface area contributed by atoms with Gasteiger partial charge in [0.05, 0.1) is 5.69 Å². The first-order chi connectivity index (χ1) is 7.65. The second-order valence-corrected chi connectivity index (χ2v) is 3.25. The third kappa shape index (κ3) is 2.28. The number of ether oxygens (including phenoxy) is 1. The van der Waals surface area contributed by atoms with Crippen molar-refractivity contribution < 1.29 is 13.5 Å². The molecule has 0 aliphatic rings. The third-order valence-electron chi connectivity index (χ3n) is 1.98. The Morgan fingerprint density at radius 1 is 0.938 bits per heavy atom. The molecular weight excluding hydrogens is 212 g/mol. The minimum Gasteiger partial charge on any atom is -0.455 e. The lowest BCUT2D eigenvalue weighted by Crippen LogP contribution is -1.92. The number of hydrogen-bond acceptors (Lipinski definition) is 2. The van der Waals surface area contributed by atoms with Crippen LogP contribution in [0.4, 0.5) is 14.5 Å². The van der Waals surface area contributed by atoms with Crippen LogP contribution < -0.4 is 10.5 Å². The summed E-state index contributed by atoms with van der Waals surface area (Å²) in [6, 6.07) is 9.70. The van der Waals surface area contributed by atoms with Crippen molar-refractivity contribution in [1.29, 1.82) is 0 Å². The number of halogens is 2. The molecule has 0 saturated carbocycles. The molecule has 0 amide bonds. The summed E-state index contributed by atoms with van der Waals surface area (Å²) in [5.74, 6) is -0.933. The monoisotopic (exact) mass is 221 g/mol. The summed E-state index contributed by atoms with van der Waals surface area (Å²) in [6.45, 7) is 0. The van der Waals surface area contributed by atoms with E-state index in [4.69, 9.17) is 10.5 Å². The predicted octanol–water partition coefficient (Wildman–Crippen LogP) is 3.34. The van der Waals surface area contributed by atoms with E-state index in [-0.39, 0.29) is 5.75 Å². The summed E-state index contributed by atoms with van der Waals surface area (Å²) >= 11 is 0. The lowest BCUT2D eigenvalue weighted by Gasteiger charge is -2.08. The van der Waals surface area contributed by atoms with Gasteiger partial charge in [0.25, 0.3) is 0 Å². The molecule has 2 nitrogen and oxygen atoms in total. The molecule has 2 N–H and O–H groups in total. The van der Waals surface area contributed by atoms with Gasteiger partial charge in [0.2, 0.25) is 0 Å². The average molecular weight is 221 g/mol. The fourth-order valence-electron chi connectivity index (χ4n) is 1.29.